The second-order valence-electron chi connectivity index (χ2n) is 3.83. The topological polar surface area (TPSA) is 95.5 Å². The third-order valence-electron chi connectivity index (χ3n) is 2.14. The summed E-state index contributed by atoms with van der Waals surface area (Å²) in [6, 6.07) is 4.94. The van der Waals surface area contributed by atoms with Crippen LogP contribution in [0, 0.1) is 6.92 Å². The number of aryl methyl sites for hydroxylation is 1. The summed E-state index contributed by atoms with van der Waals surface area (Å²) in [4.78, 5) is 32.6. The van der Waals surface area contributed by atoms with Crippen LogP contribution in [0.2, 0.25) is 0 Å². The van der Waals surface area contributed by atoms with Crippen molar-refractivity contribution in [2.24, 2.45) is 0 Å². The normalized spacial score (nSPS) is 9.67. The van der Waals surface area contributed by atoms with Crippen LogP contribution < -0.4 is 10.6 Å². The van der Waals surface area contributed by atoms with Gasteiger partial charge in [-0.05, 0) is 24.6 Å². The molecule has 1 aromatic carbocycles. The van der Waals surface area contributed by atoms with E-state index >= 15 is 0 Å². The van der Waals surface area contributed by atoms with Gasteiger partial charge in [0.15, 0.2) is 0 Å². The molecule has 0 aromatic heterocycles. The van der Waals surface area contributed by atoms with Gasteiger partial charge in [-0.3, -0.25) is 14.4 Å². The van der Waals surface area contributed by atoms with Crippen LogP contribution >= 0.6 is 0 Å². The van der Waals surface area contributed by atoms with E-state index in [0.29, 0.717) is 11.4 Å². The molecule has 1 aromatic rings. The first kappa shape index (κ1) is 13.7. The third-order valence-corrected chi connectivity index (χ3v) is 2.14. The second kappa shape index (κ2) is 5.81. The molecule has 0 atom stereocenters. The van der Waals surface area contributed by atoms with Gasteiger partial charge in [0.25, 0.3) is 0 Å². The molecule has 0 saturated heterocycles. The highest BCUT2D eigenvalue weighted by atomic mass is 16.4. The van der Waals surface area contributed by atoms with Gasteiger partial charge in [-0.15, -0.1) is 0 Å². The molecular formula is C12H14N2O4. The molecule has 3 N–H and O–H groups in total. The molecule has 0 radical (unpaired) electrons. The van der Waals surface area contributed by atoms with Crippen LogP contribution in [0.3, 0.4) is 0 Å². The number of anilines is 2. The van der Waals surface area contributed by atoms with E-state index in [4.69, 9.17) is 5.11 Å². The Balaban J connectivity index is 2.81. The molecule has 96 valence electrons. The minimum Gasteiger partial charge on any atom is -0.481 e. The molecule has 0 saturated carbocycles. The zero-order valence-electron chi connectivity index (χ0n) is 10.1. The lowest BCUT2D eigenvalue weighted by Crippen LogP contribution is -2.16. The number of carboxylic acid groups (broad SMARTS) is 1. The van der Waals surface area contributed by atoms with Crippen LogP contribution in [-0.2, 0) is 14.4 Å². The molecule has 0 aliphatic carbocycles. The van der Waals surface area contributed by atoms with Crippen LogP contribution in [0.5, 0.6) is 0 Å². The number of hydrogen-bond donors (Lipinski definition) is 3. The van der Waals surface area contributed by atoms with E-state index in [9.17, 15) is 14.4 Å². The summed E-state index contributed by atoms with van der Waals surface area (Å²) in [5.41, 5.74) is 1.87. The van der Waals surface area contributed by atoms with Gasteiger partial charge in [0.1, 0.15) is 6.42 Å². The van der Waals surface area contributed by atoms with Crippen molar-refractivity contribution in [1.29, 1.82) is 0 Å². The third kappa shape index (κ3) is 4.25. The number of aliphatic carboxylic acids is 1. The van der Waals surface area contributed by atoms with Crippen molar-refractivity contribution in [2.75, 3.05) is 10.6 Å². The predicted octanol–water partition coefficient (Wildman–Crippen LogP) is 1.37. The number of amides is 2. The molecule has 0 aliphatic rings. The maximum absolute atomic E-state index is 11.3. The number of benzene rings is 1. The van der Waals surface area contributed by atoms with Crippen molar-refractivity contribution in [3.8, 4) is 0 Å². The van der Waals surface area contributed by atoms with Gasteiger partial charge in [0.2, 0.25) is 11.8 Å². The van der Waals surface area contributed by atoms with E-state index in [2.05, 4.69) is 10.6 Å². The number of rotatable bonds is 4. The van der Waals surface area contributed by atoms with E-state index in [1.54, 1.807) is 18.2 Å². The molecule has 2 amide bonds. The molecule has 0 bridgehead atoms. The maximum Gasteiger partial charge on any atom is 0.312 e. The van der Waals surface area contributed by atoms with Gasteiger partial charge in [-0.2, -0.15) is 0 Å². The SMILES string of the molecule is CC(=O)Nc1cc(NC(=O)CC(=O)O)ccc1C. The lowest BCUT2D eigenvalue weighted by atomic mass is 10.1. The van der Waals surface area contributed by atoms with Gasteiger partial charge in [0, 0.05) is 18.3 Å². The largest absolute Gasteiger partial charge is 0.481 e. The molecule has 1 rings (SSSR count). The summed E-state index contributed by atoms with van der Waals surface area (Å²) in [5.74, 6) is -2.02. The summed E-state index contributed by atoms with van der Waals surface area (Å²) < 4.78 is 0. The standard InChI is InChI=1S/C12H14N2O4/c1-7-3-4-9(5-10(7)13-8(2)15)14-11(16)6-12(17)18/h3-5H,6H2,1-2H3,(H,13,15)(H,14,16)(H,17,18). The number of nitrogens with one attached hydrogen (secondary N) is 2. The Hall–Kier alpha value is -2.37. The zero-order valence-corrected chi connectivity index (χ0v) is 10.1. The monoisotopic (exact) mass is 250 g/mol. The fraction of sp³-hybridized carbons (Fsp3) is 0.250. The number of carbonyl (C=O) groups excluding carboxylic acids is 2. The Kier molecular flexibility index (Phi) is 4.42. The van der Waals surface area contributed by atoms with Gasteiger partial charge >= 0.3 is 5.97 Å². The first-order valence-corrected chi connectivity index (χ1v) is 5.28. The van der Waals surface area contributed by atoms with Crippen molar-refractivity contribution in [1.82, 2.24) is 0 Å². The first-order valence-electron chi connectivity index (χ1n) is 5.28. The van der Waals surface area contributed by atoms with Crippen molar-refractivity contribution in [3.05, 3.63) is 23.8 Å². The molecule has 6 nitrogen and oxygen atoms in total. The highest BCUT2D eigenvalue weighted by molar-refractivity contribution is 6.01. The highest BCUT2D eigenvalue weighted by Crippen LogP contribution is 2.20. The molecule has 0 heterocycles. The van der Waals surface area contributed by atoms with E-state index in [-0.39, 0.29) is 5.91 Å². The smallest absolute Gasteiger partial charge is 0.312 e. The molecule has 0 fully saturated rings. The molecule has 6 heteroatoms. The summed E-state index contributed by atoms with van der Waals surface area (Å²) in [7, 11) is 0. The molecule has 0 spiro atoms. The van der Waals surface area contributed by atoms with E-state index in [0.717, 1.165) is 5.56 Å². The number of carbonyl (C=O) groups is 3. The molecule has 18 heavy (non-hydrogen) atoms. The van der Waals surface area contributed by atoms with Gasteiger partial charge in [-0.25, -0.2) is 0 Å². The van der Waals surface area contributed by atoms with Crippen LogP contribution in [0.1, 0.15) is 18.9 Å². The van der Waals surface area contributed by atoms with Crippen molar-refractivity contribution in [2.45, 2.75) is 20.3 Å². The quantitative estimate of drug-likeness (QED) is 0.703. The summed E-state index contributed by atoms with van der Waals surface area (Å²) in [6.07, 6.45) is -0.594. The zero-order chi connectivity index (χ0) is 13.7. The van der Waals surface area contributed by atoms with Crippen LogP contribution in [-0.4, -0.2) is 22.9 Å². The first-order chi connectivity index (χ1) is 8.38. The summed E-state index contributed by atoms with van der Waals surface area (Å²) in [5, 5.41) is 13.5. The second-order valence-corrected chi connectivity index (χ2v) is 3.83. The maximum atomic E-state index is 11.3. The lowest BCUT2D eigenvalue weighted by Gasteiger charge is -2.09. The Morgan fingerprint density at radius 1 is 1.22 bits per heavy atom. The van der Waals surface area contributed by atoms with Gasteiger partial charge in [-0.1, -0.05) is 6.07 Å². The molecular weight excluding hydrogens is 236 g/mol. The van der Waals surface area contributed by atoms with E-state index < -0.39 is 18.3 Å². The van der Waals surface area contributed by atoms with Gasteiger partial charge in [0.05, 0.1) is 0 Å². The van der Waals surface area contributed by atoms with Crippen molar-refractivity contribution >= 4 is 29.2 Å². The van der Waals surface area contributed by atoms with E-state index in [1.165, 1.54) is 6.92 Å². The Morgan fingerprint density at radius 2 is 1.89 bits per heavy atom. The van der Waals surface area contributed by atoms with Crippen LogP contribution in [0.15, 0.2) is 18.2 Å². The minimum atomic E-state index is -1.19. The molecule has 0 aliphatic heterocycles. The number of hydrogen-bond acceptors (Lipinski definition) is 3. The van der Waals surface area contributed by atoms with E-state index in [1.807, 2.05) is 6.92 Å². The Bertz CT molecular complexity index is 497. The average Bonchev–Trinajstić information content (AvgIpc) is 2.21. The lowest BCUT2D eigenvalue weighted by molar-refractivity contribution is -0.139. The fourth-order valence-corrected chi connectivity index (χ4v) is 1.37. The van der Waals surface area contributed by atoms with Crippen molar-refractivity contribution < 1.29 is 19.5 Å². The van der Waals surface area contributed by atoms with Gasteiger partial charge < -0.3 is 15.7 Å². The minimum absolute atomic E-state index is 0.216. The predicted molar refractivity (Wildman–Crippen MR) is 66.4 cm³/mol. The van der Waals surface area contributed by atoms with Crippen LogP contribution in [0.4, 0.5) is 11.4 Å². The van der Waals surface area contributed by atoms with Crippen molar-refractivity contribution in [3.63, 3.8) is 0 Å². The molecule has 0 unspecified atom stereocenters. The highest BCUT2D eigenvalue weighted by Gasteiger charge is 2.09. The fourth-order valence-electron chi connectivity index (χ4n) is 1.37. The summed E-state index contributed by atoms with van der Waals surface area (Å²) in [6.45, 7) is 3.20. The van der Waals surface area contributed by atoms with Crippen LogP contribution in [0.25, 0.3) is 0 Å². The Labute approximate surface area is 104 Å². The average molecular weight is 250 g/mol. The number of carboxylic acids is 1. The summed E-state index contributed by atoms with van der Waals surface area (Å²) >= 11 is 0. The Morgan fingerprint density at radius 3 is 2.44 bits per heavy atom.